The van der Waals surface area contributed by atoms with Crippen LogP contribution in [0.2, 0.25) is 0 Å². The Morgan fingerprint density at radius 3 is 2.55 bits per heavy atom. The lowest BCUT2D eigenvalue weighted by atomic mass is 10.1. The Bertz CT molecular complexity index is 544. The van der Waals surface area contributed by atoms with E-state index in [4.69, 9.17) is 10.5 Å². The summed E-state index contributed by atoms with van der Waals surface area (Å²) in [5.74, 6) is -0.212. The number of nitro benzene ring substituents is 1. The van der Waals surface area contributed by atoms with Crippen LogP contribution in [0, 0.1) is 10.1 Å². The molecular weight excluding hydrogens is 288 g/mol. The molecule has 1 rings (SSSR count). The summed E-state index contributed by atoms with van der Waals surface area (Å²) in [5.41, 5.74) is 5.33. The number of benzene rings is 1. The number of likely N-dealkylation sites (N-methyl/N-ethyl adjacent to an activating group) is 1. The molecule has 8 nitrogen and oxygen atoms in total. The molecule has 22 heavy (non-hydrogen) atoms. The number of carbonyl (C=O) groups is 1. The van der Waals surface area contributed by atoms with E-state index < -0.39 is 10.8 Å². The van der Waals surface area contributed by atoms with Gasteiger partial charge in [0.2, 0.25) is 0 Å². The Kier molecular flexibility index (Phi) is 6.58. The highest BCUT2D eigenvalue weighted by molar-refractivity contribution is 5.98. The van der Waals surface area contributed by atoms with Crippen molar-refractivity contribution in [2.24, 2.45) is 0 Å². The Morgan fingerprint density at radius 1 is 1.41 bits per heavy atom. The molecule has 1 aromatic rings. The van der Waals surface area contributed by atoms with E-state index in [-0.39, 0.29) is 22.7 Å². The summed E-state index contributed by atoms with van der Waals surface area (Å²) in [4.78, 5) is 24.7. The Morgan fingerprint density at radius 2 is 2.05 bits per heavy atom. The van der Waals surface area contributed by atoms with Crippen LogP contribution in [-0.4, -0.2) is 49.0 Å². The number of hydrogen-bond donors (Lipinski definition) is 2. The predicted molar refractivity (Wildman–Crippen MR) is 84.2 cm³/mol. The molecule has 8 heteroatoms. The van der Waals surface area contributed by atoms with E-state index in [0.717, 1.165) is 19.2 Å². The second-order valence-corrected chi connectivity index (χ2v) is 4.65. The van der Waals surface area contributed by atoms with Crippen LogP contribution in [-0.2, 0) is 0 Å². The second kappa shape index (κ2) is 8.18. The van der Waals surface area contributed by atoms with Crippen molar-refractivity contribution in [3.8, 4) is 5.75 Å². The van der Waals surface area contributed by atoms with Crippen molar-refractivity contribution in [3.05, 3.63) is 27.8 Å². The average Bonchev–Trinajstić information content (AvgIpc) is 2.50. The van der Waals surface area contributed by atoms with Crippen molar-refractivity contribution in [1.82, 2.24) is 10.2 Å². The summed E-state index contributed by atoms with van der Waals surface area (Å²) in [7, 11) is 1.38. The summed E-state index contributed by atoms with van der Waals surface area (Å²) in [6.45, 7) is 7.02. The van der Waals surface area contributed by atoms with E-state index in [2.05, 4.69) is 10.2 Å². The minimum Gasteiger partial charge on any atom is -0.496 e. The molecule has 0 bridgehead atoms. The summed E-state index contributed by atoms with van der Waals surface area (Å²) >= 11 is 0. The molecule has 0 unspecified atom stereocenters. The number of nitrogen functional groups attached to an aromatic ring is 1. The lowest BCUT2D eigenvalue weighted by molar-refractivity contribution is -0.383. The van der Waals surface area contributed by atoms with E-state index in [1.807, 2.05) is 13.8 Å². The lowest BCUT2D eigenvalue weighted by Crippen LogP contribution is -2.35. The normalized spacial score (nSPS) is 10.5. The van der Waals surface area contributed by atoms with E-state index in [1.165, 1.54) is 13.2 Å². The largest absolute Gasteiger partial charge is 0.496 e. The molecule has 0 aromatic heterocycles. The number of amides is 1. The smallest absolute Gasteiger partial charge is 0.293 e. The third kappa shape index (κ3) is 4.32. The average molecular weight is 310 g/mol. The monoisotopic (exact) mass is 310 g/mol. The summed E-state index contributed by atoms with van der Waals surface area (Å²) in [6.07, 6.45) is 0. The number of ether oxygens (including phenoxy) is 1. The van der Waals surface area contributed by atoms with Crippen molar-refractivity contribution in [1.29, 1.82) is 0 Å². The van der Waals surface area contributed by atoms with Gasteiger partial charge in [0, 0.05) is 25.2 Å². The van der Waals surface area contributed by atoms with Crippen LogP contribution in [0.1, 0.15) is 24.2 Å². The van der Waals surface area contributed by atoms with Crippen molar-refractivity contribution in [2.45, 2.75) is 13.8 Å². The maximum Gasteiger partial charge on any atom is 0.293 e. The topological polar surface area (TPSA) is 111 Å². The van der Waals surface area contributed by atoms with Gasteiger partial charge in [-0.05, 0) is 13.1 Å². The van der Waals surface area contributed by atoms with Gasteiger partial charge in [0.05, 0.1) is 17.6 Å². The molecular formula is C14H22N4O4. The molecule has 0 saturated heterocycles. The zero-order valence-corrected chi connectivity index (χ0v) is 13.1. The van der Waals surface area contributed by atoms with Crippen molar-refractivity contribution in [3.63, 3.8) is 0 Å². The number of nitrogens with one attached hydrogen (secondary N) is 1. The number of hydrogen-bond acceptors (Lipinski definition) is 6. The molecule has 1 aromatic carbocycles. The Hall–Kier alpha value is -2.35. The number of methoxy groups -OCH3 is 1. The molecule has 3 N–H and O–H groups in total. The maximum absolute atomic E-state index is 12.2. The third-order valence-corrected chi connectivity index (χ3v) is 3.40. The SMILES string of the molecule is CCN(CC)CCNC(=O)c1cc([N+](=O)[O-])c(N)cc1OC. The van der Waals surface area contributed by atoms with Gasteiger partial charge in [0.25, 0.3) is 11.6 Å². The van der Waals surface area contributed by atoms with Gasteiger partial charge in [-0.3, -0.25) is 14.9 Å². The first-order valence-corrected chi connectivity index (χ1v) is 7.07. The molecule has 0 atom stereocenters. The van der Waals surface area contributed by atoms with Gasteiger partial charge in [0.15, 0.2) is 0 Å². The first kappa shape index (κ1) is 17.7. The van der Waals surface area contributed by atoms with Crippen LogP contribution in [0.3, 0.4) is 0 Å². The Balaban J connectivity index is 2.87. The van der Waals surface area contributed by atoms with Crippen LogP contribution in [0.5, 0.6) is 5.75 Å². The molecule has 0 spiro atoms. The van der Waals surface area contributed by atoms with E-state index in [0.29, 0.717) is 13.1 Å². The van der Waals surface area contributed by atoms with Gasteiger partial charge in [-0.2, -0.15) is 0 Å². The summed E-state index contributed by atoms with van der Waals surface area (Å²) in [6, 6.07) is 2.43. The number of rotatable bonds is 8. The molecule has 0 aliphatic rings. The molecule has 1 amide bonds. The van der Waals surface area contributed by atoms with Gasteiger partial charge in [-0.15, -0.1) is 0 Å². The van der Waals surface area contributed by atoms with E-state index >= 15 is 0 Å². The zero-order chi connectivity index (χ0) is 16.7. The first-order chi connectivity index (χ1) is 10.4. The summed E-state index contributed by atoms with van der Waals surface area (Å²) < 4.78 is 5.08. The molecule has 0 fully saturated rings. The fourth-order valence-electron chi connectivity index (χ4n) is 2.05. The van der Waals surface area contributed by atoms with Crippen LogP contribution < -0.4 is 15.8 Å². The zero-order valence-electron chi connectivity index (χ0n) is 13.1. The number of anilines is 1. The lowest BCUT2D eigenvalue weighted by Gasteiger charge is -2.18. The van der Waals surface area contributed by atoms with Crippen molar-refractivity contribution < 1.29 is 14.5 Å². The predicted octanol–water partition coefficient (Wildman–Crippen LogP) is 1.26. The van der Waals surface area contributed by atoms with Crippen molar-refractivity contribution >= 4 is 17.3 Å². The van der Waals surface area contributed by atoms with Crippen LogP contribution in [0.25, 0.3) is 0 Å². The third-order valence-electron chi connectivity index (χ3n) is 3.40. The number of nitrogens with two attached hydrogens (primary N) is 1. The molecule has 0 heterocycles. The number of nitrogens with zero attached hydrogens (tertiary/aromatic N) is 2. The molecule has 0 saturated carbocycles. The summed E-state index contributed by atoms with van der Waals surface area (Å²) in [5, 5.41) is 13.7. The first-order valence-electron chi connectivity index (χ1n) is 7.07. The van der Waals surface area contributed by atoms with Crippen molar-refractivity contribution in [2.75, 3.05) is 39.0 Å². The standard InChI is InChI=1S/C14H22N4O4/c1-4-17(5-2)7-6-16-14(19)10-8-12(18(20)21)11(15)9-13(10)22-3/h8-9H,4-7,15H2,1-3H3,(H,16,19). The highest BCUT2D eigenvalue weighted by Crippen LogP contribution is 2.30. The Labute approximate surface area is 129 Å². The van der Waals surface area contributed by atoms with Gasteiger partial charge in [-0.25, -0.2) is 0 Å². The van der Waals surface area contributed by atoms with Crippen LogP contribution in [0.15, 0.2) is 12.1 Å². The number of nitro groups is 1. The number of carbonyl (C=O) groups excluding carboxylic acids is 1. The van der Waals surface area contributed by atoms with Gasteiger partial charge >= 0.3 is 0 Å². The van der Waals surface area contributed by atoms with Crippen LogP contribution in [0.4, 0.5) is 11.4 Å². The van der Waals surface area contributed by atoms with Gasteiger partial charge in [-0.1, -0.05) is 13.8 Å². The van der Waals surface area contributed by atoms with E-state index in [1.54, 1.807) is 0 Å². The fraction of sp³-hybridized carbons (Fsp3) is 0.500. The minimum absolute atomic E-state index is 0.0402. The molecule has 0 radical (unpaired) electrons. The van der Waals surface area contributed by atoms with Gasteiger partial charge in [0.1, 0.15) is 11.4 Å². The molecule has 0 aliphatic carbocycles. The van der Waals surface area contributed by atoms with Gasteiger partial charge < -0.3 is 20.7 Å². The fourth-order valence-corrected chi connectivity index (χ4v) is 2.05. The maximum atomic E-state index is 12.2. The highest BCUT2D eigenvalue weighted by atomic mass is 16.6. The van der Waals surface area contributed by atoms with Crippen LogP contribution >= 0.6 is 0 Å². The quantitative estimate of drug-likeness (QED) is 0.425. The second-order valence-electron chi connectivity index (χ2n) is 4.65. The molecule has 0 aliphatic heterocycles. The van der Waals surface area contributed by atoms with E-state index in [9.17, 15) is 14.9 Å². The molecule has 122 valence electrons. The highest BCUT2D eigenvalue weighted by Gasteiger charge is 2.21. The minimum atomic E-state index is -0.624.